The second-order valence-corrected chi connectivity index (χ2v) is 6.71. The second kappa shape index (κ2) is 7.70. The molecule has 1 fully saturated rings. The minimum atomic E-state index is -0.252. The highest BCUT2D eigenvalue weighted by Crippen LogP contribution is 2.28. The van der Waals surface area contributed by atoms with E-state index in [1.54, 1.807) is 12.3 Å². The van der Waals surface area contributed by atoms with Crippen molar-refractivity contribution in [1.82, 2.24) is 19.9 Å². The molecule has 0 aliphatic carbocycles. The topological polar surface area (TPSA) is 41.9 Å². The molecular formula is C21H21FN4. The third kappa shape index (κ3) is 3.94. The van der Waals surface area contributed by atoms with Crippen molar-refractivity contribution in [2.45, 2.75) is 25.3 Å². The molecule has 3 aromatic rings. The van der Waals surface area contributed by atoms with Crippen molar-refractivity contribution in [3.05, 3.63) is 78.3 Å². The van der Waals surface area contributed by atoms with E-state index in [2.05, 4.69) is 20.9 Å². The summed E-state index contributed by atoms with van der Waals surface area (Å²) < 4.78 is 13.5. The number of benzene rings is 1. The van der Waals surface area contributed by atoms with E-state index in [-0.39, 0.29) is 5.82 Å². The summed E-state index contributed by atoms with van der Waals surface area (Å²) in [5.74, 6) is 0.147. The number of rotatable bonds is 4. The number of likely N-dealkylation sites (tertiary alicyclic amines) is 1. The summed E-state index contributed by atoms with van der Waals surface area (Å²) in [5, 5.41) is 0. The summed E-state index contributed by atoms with van der Waals surface area (Å²) in [6, 6.07) is 12.6. The molecule has 3 heterocycles. The lowest BCUT2D eigenvalue weighted by Gasteiger charge is -2.31. The number of hydrogen-bond acceptors (Lipinski definition) is 4. The van der Waals surface area contributed by atoms with Gasteiger partial charge in [0.25, 0.3) is 0 Å². The number of nitrogens with zero attached hydrogens (tertiary/aromatic N) is 4. The van der Waals surface area contributed by atoms with Gasteiger partial charge in [-0.1, -0.05) is 18.2 Å². The summed E-state index contributed by atoms with van der Waals surface area (Å²) in [6.07, 6.45) is 7.49. The van der Waals surface area contributed by atoms with Crippen molar-refractivity contribution < 1.29 is 4.39 Å². The SMILES string of the molecule is Fc1cccc(-c2cncc(C3CCN(Cc4ccccn4)CC3)n2)c1. The highest BCUT2D eigenvalue weighted by Gasteiger charge is 2.22. The van der Waals surface area contributed by atoms with Crippen molar-refractivity contribution in [3.63, 3.8) is 0 Å². The number of halogens is 1. The fourth-order valence-corrected chi connectivity index (χ4v) is 3.47. The van der Waals surface area contributed by atoms with Gasteiger partial charge in [0.15, 0.2) is 0 Å². The smallest absolute Gasteiger partial charge is 0.123 e. The van der Waals surface area contributed by atoms with Crippen LogP contribution >= 0.6 is 0 Å². The third-order valence-electron chi connectivity index (χ3n) is 4.89. The molecule has 26 heavy (non-hydrogen) atoms. The predicted molar refractivity (Wildman–Crippen MR) is 98.9 cm³/mol. The van der Waals surface area contributed by atoms with Crippen LogP contribution in [0.1, 0.15) is 30.1 Å². The molecule has 1 aliphatic rings. The Kier molecular flexibility index (Phi) is 4.97. The van der Waals surface area contributed by atoms with Crippen LogP contribution in [0.4, 0.5) is 4.39 Å². The van der Waals surface area contributed by atoms with Crippen molar-refractivity contribution in [1.29, 1.82) is 0 Å². The summed E-state index contributed by atoms with van der Waals surface area (Å²) >= 11 is 0. The summed E-state index contributed by atoms with van der Waals surface area (Å²) in [4.78, 5) is 15.9. The Morgan fingerprint density at radius 3 is 2.69 bits per heavy atom. The van der Waals surface area contributed by atoms with E-state index in [1.165, 1.54) is 12.1 Å². The quantitative estimate of drug-likeness (QED) is 0.713. The minimum absolute atomic E-state index is 0.252. The zero-order valence-electron chi connectivity index (χ0n) is 14.6. The van der Waals surface area contributed by atoms with Crippen LogP contribution in [0.5, 0.6) is 0 Å². The van der Waals surface area contributed by atoms with Crippen LogP contribution in [0.25, 0.3) is 11.3 Å². The first kappa shape index (κ1) is 16.8. The first-order valence-electron chi connectivity index (χ1n) is 8.98. The van der Waals surface area contributed by atoms with Crippen LogP contribution < -0.4 is 0 Å². The molecule has 0 atom stereocenters. The maximum Gasteiger partial charge on any atom is 0.123 e. The van der Waals surface area contributed by atoms with Gasteiger partial charge < -0.3 is 0 Å². The lowest BCUT2D eigenvalue weighted by molar-refractivity contribution is 0.201. The molecule has 0 amide bonds. The molecule has 5 heteroatoms. The minimum Gasteiger partial charge on any atom is -0.297 e. The molecule has 1 saturated heterocycles. The summed E-state index contributed by atoms with van der Waals surface area (Å²) in [6.45, 7) is 2.93. The number of piperidine rings is 1. The fraction of sp³-hybridized carbons (Fsp3) is 0.286. The van der Waals surface area contributed by atoms with Gasteiger partial charge in [-0.25, -0.2) is 9.37 Å². The highest BCUT2D eigenvalue weighted by atomic mass is 19.1. The van der Waals surface area contributed by atoms with E-state index >= 15 is 0 Å². The van der Waals surface area contributed by atoms with Crippen molar-refractivity contribution >= 4 is 0 Å². The summed E-state index contributed by atoms with van der Waals surface area (Å²) in [5.41, 5.74) is 3.62. The molecule has 2 aromatic heterocycles. The molecule has 132 valence electrons. The van der Waals surface area contributed by atoms with E-state index in [4.69, 9.17) is 4.98 Å². The first-order chi connectivity index (χ1) is 12.8. The monoisotopic (exact) mass is 348 g/mol. The molecule has 1 aromatic carbocycles. The van der Waals surface area contributed by atoms with Gasteiger partial charge in [0.05, 0.1) is 23.3 Å². The molecule has 0 spiro atoms. The second-order valence-electron chi connectivity index (χ2n) is 6.71. The molecule has 4 rings (SSSR count). The molecule has 0 radical (unpaired) electrons. The van der Waals surface area contributed by atoms with Crippen LogP contribution in [0.15, 0.2) is 61.1 Å². The fourth-order valence-electron chi connectivity index (χ4n) is 3.47. The zero-order chi connectivity index (χ0) is 17.8. The van der Waals surface area contributed by atoms with E-state index in [9.17, 15) is 4.39 Å². The van der Waals surface area contributed by atoms with Gasteiger partial charge in [-0.2, -0.15) is 0 Å². The molecule has 0 saturated carbocycles. The van der Waals surface area contributed by atoms with E-state index in [0.717, 1.165) is 55.1 Å². The number of pyridine rings is 1. The Hall–Kier alpha value is -2.66. The average Bonchev–Trinajstić information content (AvgIpc) is 2.69. The van der Waals surface area contributed by atoms with Crippen molar-refractivity contribution in [2.24, 2.45) is 0 Å². The third-order valence-corrected chi connectivity index (χ3v) is 4.89. The zero-order valence-corrected chi connectivity index (χ0v) is 14.6. The molecule has 0 bridgehead atoms. The number of aromatic nitrogens is 3. The van der Waals surface area contributed by atoms with Gasteiger partial charge in [0.1, 0.15) is 5.82 Å². The molecule has 4 nitrogen and oxygen atoms in total. The maximum absolute atomic E-state index is 13.5. The first-order valence-corrected chi connectivity index (χ1v) is 8.98. The predicted octanol–water partition coefficient (Wildman–Crippen LogP) is 4.06. The van der Waals surface area contributed by atoms with Gasteiger partial charge in [-0.05, 0) is 50.2 Å². The summed E-state index contributed by atoms with van der Waals surface area (Å²) in [7, 11) is 0. The van der Waals surface area contributed by atoms with Crippen LogP contribution in [0, 0.1) is 5.82 Å². The van der Waals surface area contributed by atoms with Crippen LogP contribution in [0.3, 0.4) is 0 Å². The Bertz CT molecular complexity index is 861. The number of hydrogen-bond donors (Lipinski definition) is 0. The molecular weight excluding hydrogens is 327 g/mol. The molecule has 1 aliphatic heterocycles. The average molecular weight is 348 g/mol. The van der Waals surface area contributed by atoms with E-state index in [1.807, 2.05) is 30.6 Å². The Morgan fingerprint density at radius 2 is 1.92 bits per heavy atom. The Balaban J connectivity index is 1.42. The van der Waals surface area contributed by atoms with E-state index < -0.39 is 0 Å². The van der Waals surface area contributed by atoms with E-state index in [0.29, 0.717) is 5.92 Å². The van der Waals surface area contributed by atoms with Crippen LogP contribution in [-0.4, -0.2) is 32.9 Å². The normalized spacial score (nSPS) is 15.9. The van der Waals surface area contributed by atoms with Gasteiger partial charge in [-0.3, -0.25) is 14.9 Å². The molecule has 0 unspecified atom stereocenters. The Labute approximate surface area is 152 Å². The molecule has 0 N–H and O–H groups in total. The Morgan fingerprint density at radius 1 is 1.04 bits per heavy atom. The van der Waals surface area contributed by atoms with Gasteiger partial charge in [0, 0.05) is 30.4 Å². The van der Waals surface area contributed by atoms with Crippen LogP contribution in [-0.2, 0) is 6.54 Å². The van der Waals surface area contributed by atoms with Gasteiger partial charge in [-0.15, -0.1) is 0 Å². The standard InChI is InChI=1S/C21H21FN4/c22-18-5-3-4-17(12-18)21-14-23-13-20(25-21)16-7-10-26(11-8-16)15-19-6-1-2-9-24-19/h1-6,9,12-14,16H,7-8,10-11,15H2. The lowest BCUT2D eigenvalue weighted by Crippen LogP contribution is -2.33. The van der Waals surface area contributed by atoms with Gasteiger partial charge in [0.2, 0.25) is 0 Å². The van der Waals surface area contributed by atoms with Crippen molar-refractivity contribution in [2.75, 3.05) is 13.1 Å². The highest BCUT2D eigenvalue weighted by molar-refractivity contribution is 5.58. The van der Waals surface area contributed by atoms with Crippen molar-refractivity contribution in [3.8, 4) is 11.3 Å². The largest absolute Gasteiger partial charge is 0.297 e. The lowest BCUT2D eigenvalue weighted by atomic mass is 9.93. The van der Waals surface area contributed by atoms with Gasteiger partial charge >= 0.3 is 0 Å². The maximum atomic E-state index is 13.5. The van der Waals surface area contributed by atoms with Crippen LogP contribution in [0.2, 0.25) is 0 Å².